The van der Waals surface area contributed by atoms with Crippen LogP contribution in [-0.2, 0) is 0 Å². The molecule has 106 valence electrons. The van der Waals surface area contributed by atoms with Crippen LogP contribution in [0.25, 0.3) is 5.69 Å². The lowest BCUT2D eigenvalue weighted by Crippen LogP contribution is -2.12. The minimum Gasteiger partial charge on any atom is -0.385 e. The molecule has 0 bridgehead atoms. The first-order valence-corrected chi connectivity index (χ1v) is 7.61. The number of benzene rings is 1. The van der Waals surface area contributed by atoms with Gasteiger partial charge in [-0.3, -0.25) is 0 Å². The normalized spacial score (nSPS) is 16.2. The molecular weight excluding hydrogens is 248 g/mol. The van der Waals surface area contributed by atoms with Crippen molar-refractivity contribution in [2.45, 2.75) is 38.5 Å². The van der Waals surface area contributed by atoms with E-state index in [4.69, 9.17) is 0 Å². The Kier molecular flexibility index (Phi) is 4.31. The summed E-state index contributed by atoms with van der Waals surface area (Å²) in [6.07, 6.45) is 11.7. The summed E-state index contributed by atoms with van der Waals surface area (Å²) in [6, 6.07) is 8.35. The molecule has 4 nitrogen and oxygen atoms in total. The summed E-state index contributed by atoms with van der Waals surface area (Å²) in [6.45, 7) is 1.08. The molecule has 0 unspecified atom stereocenters. The van der Waals surface area contributed by atoms with Crippen molar-refractivity contribution in [3.05, 3.63) is 36.9 Å². The van der Waals surface area contributed by atoms with E-state index in [1.807, 2.05) is 0 Å². The van der Waals surface area contributed by atoms with Gasteiger partial charge in [-0.05, 0) is 36.6 Å². The van der Waals surface area contributed by atoms with Crippen molar-refractivity contribution in [3.63, 3.8) is 0 Å². The monoisotopic (exact) mass is 270 g/mol. The van der Waals surface area contributed by atoms with Crippen LogP contribution in [0, 0.1) is 5.92 Å². The smallest absolute Gasteiger partial charge is 0.138 e. The third kappa shape index (κ3) is 3.38. The minimum atomic E-state index is 0.936. The quantitative estimate of drug-likeness (QED) is 0.901. The highest BCUT2D eigenvalue weighted by atomic mass is 15.3. The van der Waals surface area contributed by atoms with E-state index in [0.717, 1.165) is 18.2 Å². The molecule has 0 aliphatic heterocycles. The van der Waals surface area contributed by atoms with Gasteiger partial charge in [0, 0.05) is 12.2 Å². The Morgan fingerprint density at radius 3 is 2.60 bits per heavy atom. The van der Waals surface area contributed by atoms with Gasteiger partial charge in [0.25, 0.3) is 0 Å². The molecule has 1 aromatic carbocycles. The lowest BCUT2D eigenvalue weighted by molar-refractivity contribution is 0.345. The first-order valence-electron chi connectivity index (χ1n) is 7.61. The summed E-state index contributed by atoms with van der Waals surface area (Å²) in [7, 11) is 0. The first-order chi connectivity index (χ1) is 9.92. The molecule has 1 fully saturated rings. The fourth-order valence-electron chi connectivity index (χ4n) is 2.97. The van der Waals surface area contributed by atoms with E-state index < -0.39 is 0 Å². The maximum absolute atomic E-state index is 4.12. The van der Waals surface area contributed by atoms with Gasteiger partial charge in [0.15, 0.2) is 0 Å². The van der Waals surface area contributed by atoms with Crippen molar-refractivity contribution in [2.75, 3.05) is 11.9 Å². The van der Waals surface area contributed by atoms with E-state index in [9.17, 15) is 0 Å². The van der Waals surface area contributed by atoms with E-state index in [0.29, 0.717) is 0 Å². The Bertz CT molecular complexity index is 498. The van der Waals surface area contributed by atoms with Crippen molar-refractivity contribution in [2.24, 2.45) is 5.92 Å². The Labute approximate surface area is 120 Å². The van der Waals surface area contributed by atoms with E-state index in [1.54, 1.807) is 17.3 Å². The summed E-state index contributed by atoms with van der Waals surface area (Å²) < 4.78 is 1.77. The Morgan fingerprint density at radius 1 is 1.10 bits per heavy atom. The zero-order valence-electron chi connectivity index (χ0n) is 11.8. The van der Waals surface area contributed by atoms with Gasteiger partial charge in [0.05, 0.1) is 5.69 Å². The molecule has 20 heavy (non-hydrogen) atoms. The molecule has 1 N–H and O–H groups in total. The number of aromatic nitrogens is 3. The van der Waals surface area contributed by atoms with Gasteiger partial charge in [-0.2, -0.15) is 5.10 Å². The van der Waals surface area contributed by atoms with E-state index in [1.165, 1.54) is 44.2 Å². The van der Waals surface area contributed by atoms with Crippen LogP contribution in [-0.4, -0.2) is 21.3 Å². The fraction of sp³-hybridized carbons (Fsp3) is 0.500. The average molecular weight is 270 g/mol. The predicted molar refractivity (Wildman–Crippen MR) is 81.0 cm³/mol. The van der Waals surface area contributed by atoms with Crippen molar-refractivity contribution < 1.29 is 0 Å². The molecule has 0 spiro atoms. The van der Waals surface area contributed by atoms with Crippen LogP contribution in [0.5, 0.6) is 0 Å². The minimum absolute atomic E-state index is 0.936. The molecule has 1 heterocycles. The molecular formula is C16H22N4. The maximum atomic E-state index is 4.12. The largest absolute Gasteiger partial charge is 0.385 e. The third-order valence-electron chi connectivity index (χ3n) is 4.16. The highest BCUT2D eigenvalue weighted by Gasteiger charge is 2.12. The second-order valence-electron chi connectivity index (χ2n) is 5.61. The molecule has 0 radical (unpaired) electrons. The SMILES string of the molecule is c1ncn(-c2ccc(NCCC3CCCCC3)cc2)n1. The molecule has 0 saturated heterocycles. The van der Waals surface area contributed by atoms with Gasteiger partial charge in [0.2, 0.25) is 0 Å². The summed E-state index contributed by atoms with van der Waals surface area (Å²) in [4.78, 5) is 3.96. The van der Waals surface area contributed by atoms with E-state index >= 15 is 0 Å². The van der Waals surface area contributed by atoms with Crippen LogP contribution < -0.4 is 5.32 Å². The molecule has 2 aromatic rings. The van der Waals surface area contributed by atoms with Crippen molar-refractivity contribution in [3.8, 4) is 5.69 Å². The van der Waals surface area contributed by atoms with Crippen molar-refractivity contribution in [1.29, 1.82) is 0 Å². The highest BCUT2D eigenvalue weighted by molar-refractivity contribution is 5.48. The van der Waals surface area contributed by atoms with E-state index in [2.05, 4.69) is 39.7 Å². The molecule has 1 aliphatic rings. The summed E-state index contributed by atoms with van der Waals surface area (Å²) in [5.41, 5.74) is 2.23. The lowest BCUT2D eigenvalue weighted by atomic mass is 9.87. The van der Waals surface area contributed by atoms with Crippen LogP contribution in [0.15, 0.2) is 36.9 Å². The topological polar surface area (TPSA) is 42.7 Å². The van der Waals surface area contributed by atoms with Gasteiger partial charge in [-0.15, -0.1) is 0 Å². The standard InChI is InChI=1S/C16H22N4/c1-2-4-14(5-3-1)10-11-18-15-6-8-16(9-7-15)20-13-17-12-19-20/h6-9,12-14,18H,1-5,10-11H2. The Morgan fingerprint density at radius 2 is 1.90 bits per heavy atom. The third-order valence-corrected chi connectivity index (χ3v) is 4.16. The molecule has 0 amide bonds. The zero-order chi connectivity index (χ0) is 13.6. The van der Waals surface area contributed by atoms with Gasteiger partial charge in [-0.1, -0.05) is 32.1 Å². The maximum Gasteiger partial charge on any atom is 0.138 e. The Hall–Kier alpha value is -1.84. The number of nitrogens with zero attached hydrogens (tertiary/aromatic N) is 3. The second kappa shape index (κ2) is 6.55. The first kappa shape index (κ1) is 13.2. The molecule has 1 aromatic heterocycles. The van der Waals surface area contributed by atoms with Gasteiger partial charge in [-0.25, -0.2) is 9.67 Å². The van der Waals surface area contributed by atoms with Crippen molar-refractivity contribution in [1.82, 2.24) is 14.8 Å². The van der Waals surface area contributed by atoms with Crippen LogP contribution in [0.4, 0.5) is 5.69 Å². The fourth-order valence-corrected chi connectivity index (χ4v) is 2.97. The van der Waals surface area contributed by atoms with Gasteiger partial charge >= 0.3 is 0 Å². The van der Waals surface area contributed by atoms with Gasteiger partial charge in [0.1, 0.15) is 12.7 Å². The number of nitrogens with one attached hydrogen (secondary N) is 1. The lowest BCUT2D eigenvalue weighted by Gasteiger charge is -2.21. The number of hydrogen-bond acceptors (Lipinski definition) is 3. The van der Waals surface area contributed by atoms with E-state index in [-0.39, 0.29) is 0 Å². The summed E-state index contributed by atoms with van der Waals surface area (Å²) in [5.74, 6) is 0.936. The second-order valence-corrected chi connectivity index (χ2v) is 5.61. The number of anilines is 1. The van der Waals surface area contributed by atoms with Crippen LogP contribution in [0.2, 0.25) is 0 Å². The predicted octanol–water partition coefficient (Wildman–Crippen LogP) is 3.65. The van der Waals surface area contributed by atoms with Crippen molar-refractivity contribution >= 4 is 5.69 Å². The summed E-state index contributed by atoms with van der Waals surface area (Å²) in [5, 5.41) is 7.64. The number of hydrogen-bond donors (Lipinski definition) is 1. The number of rotatable bonds is 5. The van der Waals surface area contributed by atoms with Crippen LogP contribution in [0.1, 0.15) is 38.5 Å². The molecule has 1 aliphatic carbocycles. The average Bonchev–Trinajstić information content (AvgIpc) is 3.03. The summed E-state index contributed by atoms with van der Waals surface area (Å²) >= 11 is 0. The zero-order valence-corrected chi connectivity index (χ0v) is 11.8. The molecule has 0 atom stereocenters. The molecule has 4 heteroatoms. The van der Waals surface area contributed by atoms with Crippen LogP contribution >= 0.6 is 0 Å². The Balaban J connectivity index is 1.48. The van der Waals surface area contributed by atoms with Gasteiger partial charge < -0.3 is 5.32 Å². The van der Waals surface area contributed by atoms with Crippen LogP contribution in [0.3, 0.4) is 0 Å². The molecule has 3 rings (SSSR count). The highest BCUT2D eigenvalue weighted by Crippen LogP contribution is 2.26. The molecule has 1 saturated carbocycles.